The highest BCUT2D eigenvalue weighted by Crippen LogP contribution is 2.29. The predicted molar refractivity (Wildman–Crippen MR) is 147 cm³/mol. The van der Waals surface area contributed by atoms with Crippen LogP contribution in [0.25, 0.3) is 11.0 Å². The van der Waals surface area contributed by atoms with Crippen molar-refractivity contribution < 1.29 is 18.7 Å². The Balaban J connectivity index is 1.38. The van der Waals surface area contributed by atoms with E-state index in [1.807, 2.05) is 23.1 Å². The third-order valence-corrected chi connectivity index (χ3v) is 7.10. The Hall–Kier alpha value is -3.54. The fraction of sp³-hybridized carbons (Fsp3) is 0.259. The molecule has 4 aromatic rings. The van der Waals surface area contributed by atoms with Crippen molar-refractivity contribution in [1.82, 2.24) is 19.9 Å². The van der Waals surface area contributed by atoms with E-state index in [0.29, 0.717) is 39.3 Å². The molecule has 1 amide bonds. The van der Waals surface area contributed by atoms with Crippen LogP contribution in [0.1, 0.15) is 35.2 Å². The van der Waals surface area contributed by atoms with Gasteiger partial charge in [-0.05, 0) is 43.5 Å². The molecule has 0 saturated carbocycles. The Morgan fingerprint density at radius 2 is 1.95 bits per heavy atom. The molecule has 2 aromatic heterocycles. The highest BCUT2D eigenvalue weighted by molar-refractivity contribution is 14.1. The van der Waals surface area contributed by atoms with Crippen LogP contribution in [-0.2, 0) is 4.79 Å². The summed E-state index contributed by atoms with van der Waals surface area (Å²) in [5.74, 6) is 0.269. The highest BCUT2D eigenvalue weighted by Gasteiger charge is 2.27. The molecule has 0 spiro atoms. The zero-order valence-corrected chi connectivity index (χ0v) is 22.1. The molecule has 0 aliphatic carbocycles. The zero-order chi connectivity index (χ0) is 25.8. The van der Waals surface area contributed by atoms with E-state index in [1.54, 1.807) is 18.2 Å². The first kappa shape index (κ1) is 25.1. The van der Waals surface area contributed by atoms with Crippen molar-refractivity contribution in [3.63, 3.8) is 0 Å². The average Bonchev–Trinajstić information content (AvgIpc) is 3.37. The number of benzene rings is 2. The monoisotopic (exact) mass is 613 g/mol. The van der Waals surface area contributed by atoms with Crippen LogP contribution in [0.2, 0.25) is 0 Å². The number of hydrogen-bond donors (Lipinski definition) is 2. The Kier molecular flexibility index (Phi) is 7.63. The number of anilines is 1. The van der Waals surface area contributed by atoms with Gasteiger partial charge in [0.2, 0.25) is 5.91 Å². The van der Waals surface area contributed by atoms with Crippen molar-refractivity contribution in [2.75, 3.05) is 22.8 Å². The van der Waals surface area contributed by atoms with Gasteiger partial charge in [-0.1, -0.05) is 40.8 Å². The zero-order valence-electron chi connectivity index (χ0n) is 19.9. The SMILES string of the molecule is O=C(c1ccc(Oc2ccccc2)cc1F)c1c[nH]c2ncnc(NCC3CCCCN3C(=O)CI)c12. The number of amides is 1. The van der Waals surface area contributed by atoms with Crippen molar-refractivity contribution in [3.05, 3.63) is 78.0 Å². The number of alkyl halides is 1. The maximum atomic E-state index is 15.0. The maximum absolute atomic E-state index is 15.0. The molecule has 10 heteroatoms. The van der Waals surface area contributed by atoms with Crippen LogP contribution < -0.4 is 10.1 Å². The lowest BCUT2D eigenvalue weighted by molar-refractivity contribution is -0.131. The summed E-state index contributed by atoms with van der Waals surface area (Å²) < 4.78 is 21.2. The minimum absolute atomic E-state index is 0.0359. The number of para-hydroxylation sites is 1. The van der Waals surface area contributed by atoms with E-state index in [-0.39, 0.29) is 23.1 Å². The predicted octanol–water partition coefficient (Wildman–Crippen LogP) is 5.35. The average molecular weight is 613 g/mol. The number of halogens is 2. The second-order valence-electron chi connectivity index (χ2n) is 8.79. The molecule has 0 bridgehead atoms. The third-order valence-electron chi connectivity index (χ3n) is 6.45. The van der Waals surface area contributed by atoms with Crippen molar-refractivity contribution >= 4 is 51.1 Å². The summed E-state index contributed by atoms with van der Waals surface area (Å²) in [5.41, 5.74) is 0.647. The van der Waals surface area contributed by atoms with Crippen LogP contribution in [0.5, 0.6) is 11.5 Å². The van der Waals surface area contributed by atoms with Gasteiger partial charge in [-0.2, -0.15) is 0 Å². The molecular formula is C27H25FIN5O3. The maximum Gasteiger partial charge on any atom is 0.232 e. The summed E-state index contributed by atoms with van der Waals surface area (Å²) in [6.45, 7) is 1.23. The number of carbonyl (C=O) groups excluding carboxylic acids is 2. The number of piperidine rings is 1. The van der Waals surface area contributed by atoms with Crippen LogP contribution >= 0.6 is 22.6 Å². The van der Waals surface area contributed by atoms with Crippen LogP contribution in [0.3, 0.4) is 0 Å². The van der Waals surface area contributed by atoms with Gasteiger partial charge in [-0.25, -0.2) is 14.4 Å². The summed E-state index contributed by atoms with van der Waals surface area (Å²) in [6, 6.07) is 13.3. The molecular weight excluding hydrogens is 588 g/mol. The smallest absolute Gasteiger partial charge is 0.232 e. The summed E-state index contributed by atoms with van der Waals surface area (Å²) >= 11 is 2.09. The first-order valence-electron chi connectivity index (χ1n) is 12.0. The van der Waals surface area contributed by atoms with Gasteiger partial charge >= 0.3 is 0 Å². The van der Waals surface area contributed by atoms with Crippen molar-refractivity contribution in [1.29, 1.82) is 0 Å². The largest absolute Gasteiger partial charge is 0.457 e. The van der Waals surface area contributed by atoms with Crippen LogP contribution in [0.4, 0.5) is 10.2 Å². The molecule has 0 radical (unpaired) electrons. The van der Waals surface area contributed by atoms with Crippen molar-refractivity contribution in [3.8, 4) is 11.5 Å². The summed E-state index contributed by atoms with van der Waals surface area (Å²) in [4.78, 5) is 39.3. The number of hydrogen-bond acceptors (Lipinski definition) is 6. The number of rotatable bonds is 8. The van der Waals surface area contributed by atoms with Gasteiger partial charge < -0.3 is 19.9 Å². The van der Waals surface area contributed by atoms with Crippen molar-refractivity contribution in [2.45, 2.75) is 25.3 Å². The molecule has 1 saturated heterocycles. The first-order chi connectivity index (χ1) is 18.0. The van der Waals surface area contributed by atoms with E-state index in [4.69, 9.17) is 4.74 Å². The number of aromatic nitrogens is 3. The van der Waals surface area contributed by atoms with Crippen LogP contribution in [0.15, 0.2) is 61.1 Å². The van der Waals surface area contributed by atoms with Crippen molar-refractivity contribution in [2.24, 2.45) is 0 Å². The minimum atomic E-state index is -0.686. The standard InChI is InChI=1S/C27H25FIN5O3/c28-22-12-19(37-18-7-2-1-3-8-18)9-10-20(22)25(36)21-15-31-27-24(21)26(32-16-33-27)30-14-17-6-4-5-11-34(17)23(35)13-29/h1-3,7-10,12,15-17H,4-6,11,13-14H2,(H2,30,31,32,33). The molecule has 3 heterocycles. The van der Waals surface area contributed by atoms with E-state index in [1.165, 1.54) is 24.7 Å². The molecule has 1 unspecified atom stereocenters. The topological polar surface area (TPSA) is 100 Å². The molecule has 1 aliphatic heterocycles. The molecule has 1 atom stereocenters. The van der Waals surface area contributed by atoms with Gasteiger partial charge in [-0.15, -0.1) is 0 Å². The number of fused-ring (bicyclic) bond motifs is 1. The van der Waals surface area contributed by atoms with E-state index < -0.39 is 11.6 Å². The first-order valence-corrected chi connectivity index (χ1v) is 13.6. The fourth-order valence-corrected chi connectivity index (χ4v) is 5.06. The van der Waals surface area contributed by atoms with Gasteiger partial charge in [0.25, 0.3) is 0 Å². The Bertz CT molecular complexity index is 1430. The van der Waals surface area contributed by atoms with E-state index in [2.05, 4.69) is 42.9 Å². The molecule has 2 N–H and O–H groups in total. The lowest BCUT2D eigenvalue weighted by atomic mass is 10.0. The van der Waals surface area contributed by atoms with Gasteiger partial charge in [0.1, 0.15) is 35.1 Å². The summed E-state index contributed by atoms with van der Waals surface area (Å²) in [6.07, 6.45) is 5.86. The third kappa shape index (κ3) is 5.43. The fourth-order valence-electron chi connectivity index (χ4n) is 4.62. The number of ketones is 1. The highest BCUT2D eigenvalue weighted by atomic mass is 127. The van der Waals surface area contributed by atoms with E-state index in [9.17, 15) is 9.59 Å². The van der Waals surface area contributed by atoms with E-state index >= 15 is 4.39 Å². The van der Waals surface area contributed by atoms with Gasteiger partial charge in [0.05, 0.1) is 20.9 Å². The van der Waals surface area contributed by atoms with Gasteiger partial charge in [-0.3, -0.25) is 9.59 Å². The molecule has 2 aromatic carbocycles. The lowest BCUT2D eigenvalue weighted by Gasteiger charge is -2.35. The Morgan fingerprint density at radius 1 is 1.11 bits per heavy atom. The second kappa shape index (κ2) is 11.2. The number of nitrogens with zero attached hydrogens (tertiary/aromatic N) is 3. The molecule has 190 valence electrons. The molecule has 37 heavy (non-hydrogen) atoms. The summed E-state index contributed by atoms with van der Waals surface area (Å²) in [7, 11) is 0. The number of nitrogens with one attached hydrogen (secondary N) is 2. The van der Waals surface area contributed by atoms with Crippen LogP contribution in [-0.4, -0.2) is 55.1 Å². The quantitative estimate of drug-likeness (QED) is 0.158. The molecule has 8 nitrogen and oxygen atoms in total. The lowest BCUT2D eigenvalue weighted by Crippen LogP contribution is -2.47. The number of aromatic amines is 1. The Morgan fingerprint density at radius 3 is 2.73 bits per heavy atom. The van der Waals surface area contributed by atoms with E-state index in [0.717, 1.165) is 25.8 Å². The number of ether oxygens (including phenoxy) is 1. The number of carbonyl (C=O) groups is 2. The molecule has 5 rings (SSSR count). The summed E-state index contributed by atoms with van der Waals surface area (Å²) in [5, 5.41) is 3.80. The normalized spacial score (nSPS) is 15.5. The molecule has 1 fully saturated rings. The minimum Gasteiger partial charge on any atom is -0.457 e. The molecule has 1 aliphatic rings. The second-order valence-corrected chi connectivity index (χ2v) is 9.55. The number of H-pyrrole nitrogens is 1. The Labute approximate surface area is 226 Å². The van der Waals surface area contributed by atoms with Gasteiger partial charge in [0.15, 0.2) is 5.78 Å². The van der Waals surface area contributed by atoms with Gasteiger partial charge in [0, 0.05) is 31.4 Å². The van der Waals surface area contributed by atoms with Crippen LogP contribution in [0, 0.1) is 5.82 Å². The number of likely N-dealkylation sites (tertiary alicyclic amines) is 1.